The van der Waals surface area contributed by atoms with Crippen molar-refractivity contribution in [2.45, 2.75) is 19.3 Å². The summed E-state index contributed by atoms with van der Waals surface area (Å²) >= 11 is 1.99. The second-order valence-electron chi connectivity index (χ2n) is 6.14. The fourth-order valence-corrected chi connectivity index (χ4v) is 3.45. The number of carbonyl (C=O) groups is 2. The molecule has 6 heteroatoms. The van der Waals surface area contributed by atoms with Gasteiger partial charge < -0.3 is 10.6 Å². The van der Waals surface area contributed by atoms with Gasteiger partial charge in [0.1, 0.15) is 5.82 Å². The third kappa shape index (κ3) is 4.69. The highest BCUT2D eigenvalue weighted by atomic mass is 127. The van der Waals surface area contributed by atoms with Crippen LogP contribution in [0.15, 0.2) is 54.6 Å². The average Bonchev–Trinajstić information content (AvgIpc) is 3.11. The van der Waals surface area contributed by atoms with Crippen molar-refractivity contribution in [1.29, 1.82) is 0 Å². The molecule has 0 saturated heterocycles. The third-order valence-corrected chi connectivity index (χ3v) is 5.12. The Hall–Kier alpha value is -2.22. The van der Waals surface area contributed by atoms with Crippen molar-refractivity contribution in [1.82, 2.24) is 0 Å². The molecule has 2 aromatic rings. The van der Waals surface area contributed by atoms with Crippen molar-refractivity contribution in [2.75, 3.05) is 10.6 Å². The zero-order valence-electron chi connectivity index (χ0n) is 14.0. The number of anilines is 2. The smallest absolute Gasteiger partial charge is 0.256 e. The summed E-state index contributed by atoms with van der Waals surface area (Å²) < 4.78 is 14.1. The minimum absolute atomic E-state index is 0.0939. The second-order valence-corrected chi connectivity index (χ2v) is 7.30. The Balaban J connectivity index is 1.72. The number of hydrogen-bond acceptors (Lipinski definition) is 2. The zero-order chi connectivity index (χ0) is 18.5. The van der Waals surface area contributed by atoms with Crippen LogP contribution in [0.3, 0.4) is 0 Å². The molecule has 0 saturated carbocycles. The number of hydrogen-bond donors (Lipinski definition) is 2. The summed E-state index contributed by atoms with van der Waals surface area (Å²) in [6.45, 7) is 0. The highest BCUT2D eigenvalue weighted by molar-refractivity contribution is 14.1. The van der Waals surface area contributed by atoms with Crippen LogP contribution in [0.1, 0.15) is 29.6 Å². The van der Waals surface area contributed by atoms with Crippen molar-refractivity contribution in [2.24, 2.45) is 5.92 Å². The van der Waals surface area contributed by atoms with Crippen molar-refractivity contribution in [3.8, 4) is 0 Å². The van der Waals surface area contributed by atoms with E-state index < -0.39 is 11.7 Å². The van der Waals surface area contributed by atoms with E-state index >= 15 is 0 Å². The quantitative estimate of drug-likeness (QED) is 0.485. The van der Waals surface area contributed by atoms with Gasteiger partial charge in [-0.2, -0.15) is 0 Å². The first-order valence-electron chi connectivity index (χ1n) is 8.35. The first kappa shape index (κ1) is 18.6. The van der Waals surface area contributed by atoms with Crippen LogP contribution in [-0.2, 0) is 4.79 Å². The van der Waals surface area contributed by atoms with Crippen LogP contribution in [0.4, 0.5) is 15.8 Å². The van der Waals surface area contributed by atoms with E-state index in [-0.39, 0.29) is 17.4 Å². The maximum Gasteiger partial charge on any atom is 0.256 e. The van der Waals surface area contributed by atoms with Gasteiger partial charge >= 0.3 is 0 Å². The first-order chi connectivity index (χ1) is 12.5. The van der Waals surface area contributed by atoms with Crippen LogP contribution < -0.4 is 10.6 Å². The molecule has 1 aliphatic carbocycles. The highest BCUT2D eigenvalue weighted by Crippen LogP contribution is 2.25. The average molecular weight is 464 g/mol. The van der Waals surface area contributed by atoms with Crippen LogP contribution in [0.2, 0.25) is 0 Å². The van der Waals surface area contributed by atoms with Gasteiger partial charge in [0, 0.05) is 9.99 Å². The molecular formula is C20H18FIN2O2. The van der Waals surface area contributed by atoms with Gasteiger partial charge in [-0.25, -0.2) is 4.39 Å². The molecule has 0 spiro atoms. The van der Waals surface area contributed by atoms with Gasteiger partial charge in [-0.1, -0.05) is 24.3 Å². The lowest BCUT2D eigenvalue weighted by Crippen LogP contribution is -2.18. The molecule has 0 heterocycles. The molecule has 0 aliphatic heterocycles. The molecule has 4 nitrogen and oxygen atoms in total. The summed E-state index contributed by atoms with van der Waals surface area (Å²) in [5, 5.41) is 5.61. The molecular weight excluding hydrogens is 446 g/mol. The molecule has 1 aliphatic rings. The van der Waals surface area contributed by atoms with Gasteiger partial charge in [-0.05, 0) is 71.7 Å². The number of allylic oxidation sites excluding steroid dienone is 2. The van der Waals surface area contributed by atoms with Crippen LogP contribution >= 0.6 is 22.6 Å². The molecule has 2 N–H and O–H groups in total. The van der Waals surface area contributed by atoms with Crippen molar-refractivity contribution >= 4 is 45.8 Å². The Labute approximate surface area is 165 Å². The van der Waals surface area contributed by atoms with Gasteiger partial charge in [-0.15, -0.1) is 0 Å². The molecule has 26 heavy (non-hydrogen) atoms. The van der Waals surface area contributed by atoms with Gasteiger partial charge in [0.25, 0.3) is 5.91 Å². The predicted molar refractivity (Wildman–Crippen MR) is 109 cm³/mol. The first-order valence-corrected chi connectivity index (χ1v) is 9.43. The summed E-state index contributed by atoms with van der Waals surface area (Å²) in [4.78, 5) is 24.8. The van der Waals surface area contributed by atoms with Gasteiger partial charge in [0.15, 0.2) is 0 Å². The zero-order valence-corrected chi connectivity index (χ0v) is 16.1. The molecule has 0 aromatic heterocycles. The minimum Gasteiger partial charge on any atom is -0.324 e. The van der Waals surface area contributed by atoms with Crippen molar-refractivity contribution in [3.05, 3.63) is 69.6 Å². The van der Waals surface area contributed by atoms with Crippen molar-refractivity contribution < 1.29 is 14.0 Å². The molecule has 0 bridgehead atoms. The van der Waals surface area contributed by atoms with E-state index in [4.69, 9.17) is 0 Å². The maximum atomic E-state index is 13.4. The van der Waals surface area contributed by atoms with E-state index in [9.17, 15) is 14.0 Å². The lowest BCUT2D eigenvalue weighted by Gasteiger charge is -2.14. The lowest BCUT2D eigenvalue weighted by molar-refractivity contribution is -0.116. The Morgan fingerprint density at radius 2 is 1.85 bits per heavy atom. The SMILES string of the molecule is O=C(CC1C=CCC1)Nc1ccccc1NC(=O)c1cc(F)ccc1I. The molecule has 0 fully saturated rings. The summed E-state index contributed by atoms with van der Waals surface area (Å²) in [6.07, 6.45) is 6.58. The summed E-state index contributed by atoms with van der Waals surface area (Å²) in [5.41, 5.74) is 1.26. The molecule has 1 unspecified atom stereocenters. The lowest BCUT2D eigenvalue weighted by atomic mass is 10.0. The Morgan fingerprint density at radius 1 is 1.12 bits per heavy atom. The number of carbonyl (C=O) groups excluding carboxylic acids is 2. The Kier molecular flexibility index (Phi) is 6.03. The number of para-hydroxylation sites is 2. The van der Waals surface area contributed by atoms with Crippen LogP contribution in [-0.4, -0.2) is 11.8 Å². The maximum absolute atomic E-state index is 13.4. The van der Waals surface area contributed by atoms with E-state index in [0.717, 1.165) is 12.8 Å². The number of halogens is 2. The topological polar surface area (TPSA) is 58.2 Å². The second kappa shape index (κ2) is 8.44. The summed E-state index contributed by atoms with van der Waals surface area (Å²) in [6, 6.07) is 11.0. The third-order valence-electron chi connectivity index (χ3n) is 4.18. The van der Waals surface area contributed by atoms with Gasteiger partial charge in [0.2, 0.25) is 5.91 Å². The van der Waals surface area contributed by atoms with E-state index in [2.05, 4.69) is 22.8 Å². The van der Waals surface area contributed by atoms with Gasteiger partial charge in [0.05, 0.1) is 16.9 Å². The monoisotopic (exact) mass is 464 g/mol. The number of amides is 2. The molecule has 3 rings (SSSR count). The Morgan fingerprint density at radius 3 is 2.54 bits per heavy atom. The molecule has 2 amide bonds. The summed E-state index contributed by atoms with van der Waals surface area (Å²) in [7, 11) is 0. The number of rotatable bonds is 5. The van der Waals surface area contributed by atoms with E-state index in [1.165, 1.54) is 12.1 Å². The predicted octanol–water partition coefficient (Wildman–Crippen LogP) is 4.98. The van der Waals surface area contributed by atoms with E-state index in [0.29, 0.717) is 21.4 Å². The fourth-order valence-electron chi connectivity index (χ4n) is 2.87. The normalized spacial score (nSPS) is 15.7. The van der Waals surface area contributed by atoms with E-state index in [1.807, 2.05) is 22.6 Å². The molecule has 134 valence electrons. The summed E-state index contributed by atoms with van der Waals surface area (Å²) in [5.74, 6) is -0.717. The van der Waals surface area contributed by atoms with Gasteiger partial charge in [-0.3, -0.25) is 9.59 Å². The van der Waals surface area contributed by atoms with Crippen LogP contribution in [0.5, 0.6) is 0 Å². The van der Waals surface area contributed by atoms with Crippen molar-refractivity contribution in [3.63, 3.8) is 0 Å². The number of nitrogens with one attached hydrogen (secondary N) is 2. The largest absolute Gasteiger partial charge is 0.324 e. The standard InChI is InChI=1S/C20H18FIN2O2/c21-14-9-10-16(22)15(12-14)20(26)24-18-8-4-3-7-17(18)23-19(25)11-13-5-1-2-6-13/h1,3-5,7-10,12-13H,2,6,11H2,(H,23,25)(H,24,26). The number of benzene rings is 2. The minimum atomic E-state index is -0.471. The van der Waals surface area contributed by atoms with Crippen LogP contribution in [0.25, 0.3) is 0 Å². The fraction of sp³-hybridized carbons (Fsp3) is 0.200. The highest BCUT2D eigenvalue weighted by Gasteiger charge is 2.17. The molecule has 2 aromatic carbocycles. The van der Waals surface area contributed by atoms with E-state index in [1.54, 1.807) is 30.3 Å². The molecule has 0 radical (unpaired) electrons. The molecule has 1 atom stereocenters. The Bertz CT molecular complexity index is 867. The van der Waals surface area contributed by atoms with Crippen LogP contribution in [0, 0.1) is 15.3 Å².